The summed E-state index contributed by atoms with van der Waals surface area (Å²) in [6.45, 7) is 0.292. The Labute approximate surface area is 197 Å². The average Bonchev–Trinajstić information content (AvgIpc) is 3.52. The smallest absolute Gasteiger partial charge is 0.418 e. The Bertz CT molecular complexity index is 1480. The number of carbonyl (C=O) groups excluding carboxylic acids is 1. The Kier molecular flexibility index (Phi) is 5.69. The number of pyridine rings is 1. The molecule has 0 aliphatic carbocycles. The fraction of sp³-hybridized carbons (Fsp3) is 0.0800. The fourth-order valence-corrected chi connectivity index (χ4v) is 3.69. The molecule has 0 bridgehead atoms. The number of furan rings is 1. The van der Waals surface area contributed by atoms with Gasteiger partial charge < -0.3 is 4.42 Å². The molecule has 2 aromatic carbocycles. The zero-order chi connectivity index (χ0) is 24.4. The van der Waals surface area contributed by atoms with Crippen molar-refractivity contribution in [1.82, 2.24) is 20.2 Å². The highest BCUT2D eigenvalue weighted by Gasteiger charge is 2.33. The van der Waals surface area contributed by atoms with Gasteiger partial charge in [0.25, 0.3) is 5.91 Å². The number of hydrogen-bond donors (Lipinski definition) is 2. The molecule has 0 atom stereocenters. The number of benzene rings is 2. The van der Waals surface area contributed by atoms with Gasteiger partial charge in [-0.2, -0.15) is 18.3 Å². The summed E-state index contributed by atoms with van der Waals surface area (Å²) in [4.78, 5) is 17.9. The molecule has 5 aromatic rings. The average molecular weight is 477 g/mol. The molecule has 1 amide bonds. The summed E-state index contributed by atoms with van der Waals surface area (Å²) in [5.41, 5.74) is 5.54. The summed E-state index contributed by atoms with van der Waals surface area (Å²) in [5, 5.41) is 4.80. The van der Waals surface area contributed by atoms with Crippen molar-refractivity contribution in [3.05, 3.63) is 102 Å². The quantitative estimate of drug-likeness (QED) is 0.315. The first-order chi connectivity index (χ1) is 16.9. The van der Waals surface area contributed by atoms with Crippen LogP contribution in [0.25, 0.3) is 22.3 Å². The van der Waals surface area contributed by atoms with Crippen molar-refractivity contribution in [3.8, 4) is 11.3 Å². The van der Waals surface area contributed by atoms with E-state index in [-0.39, 0.29) is 11.3 Å². The molecule has 10 heteroatoms. The first-order valence-electron chi connectivity index (χ1n) is 10.6. The minimum Gasteiger partial charge on any atom is -0.467 e. The second-order valence-corrected chi connectivity index (χ2v) is 7.66. The van der Waals surface area contributed by atoms with Crippen LogP contribution in [-0.4, -0.2) is 20.7 Å². The third-order valence-corrected chi connectivity index (χ3v) is 5.35. The predicted molar refractivity (Wildman–Crippen MR) is 123 cm³/mol. The summed E-state index contributed by atoms with van der Waals surface area (Å²) in [7, 11) is 0. The van der Waals surface area contributed by atoms with Gasteiger partial charge in [-0.3, -0.25) is 15.6 Å². The van der Waals surface area contributed by atoms with Gasteiger partial charge in [-0.05, 0) is 30.3 Å². The summed E-state index contributed by atoms with van der Waals surface area (Å²) in [6, 6.07) is 19.3. The molecule has 0 unspecified atom stereocenters. The number of carbonyl (C=O) groups is 1. The number of alkyl halides is 3. The van der Waals surface area contributed by atoms with Crippen LogP contribution in [0.5, 0.6) is 0 Å². The molecular weight excluding hydrogens is 459 g/mol. The van der Waals surface area contributed by atoms with Crippen LogP contribution in [0.2, 0.25) is 0 Å². The zero-order valence-corrected chi connectivity index (χ0v) is 18.1. The number of para-hydroxylation sites is 1. The van der Waals surface area contributed by atoms with E-state index in [4.69, 9.17) is 9.40 Å². The maximum atomic E-state index is 13.3. The molecular formula is C25H18F3N5O2. The maximum absolute atomic E-state index is 13.3. The number of nitrogens with zero attached hydrogens (tertiary/aromatic N) is 3. The molecule has 3 heterocycles. The van der Waals surface area contributed by atoms with Crippen molar-refractivity contribution in [1.29, 1.82) is 0 Å². The molecule has 35 heavy (non-hydrogen) atoms. The van der Waals surface area contributed by atoms with Crippen molar-refractivity contribution in [3.63, 3.8) is 0 Å². The summed E-state index contributed by atoms with van der Waals surface area (Å²) in [6.07, 6.45) is -1.53. The van der Waals surface area contributed by atoms with Gasteiger partial charge in [0.1, 0.15) is 12.3 Å². The fourth-order valence-electron chi connectivity index (χ4n) is 3.69. The minimum atomic E-state index is -4.58. The van der Waals surface area contributed by atoms with E-state index in [0.29, 0.717) is 29.0 Å². The highest BCUT2D eigenvalue weighted by molar-refractivity contribution is 6.06. The maximum Gasteiger partial charge on any atom is 0.418 e. The molecule has 0 aliphatic heterocycles. The molecule has 2 N–H and O–H groups in total. The van der Waals surface area contributed by atoms with Gasteiger partial charge in [0.05, 0.1) is 40.4 Å². The van der Waals surface area contributed by atoms with Gasteiger partial charge in [0.15, 0.2) is 5.65 Å². The summed E-state index contributed by atoms with van der Waals surface area (Å²) < 4.78 is 47.0. The Hall–Kier alpha value is -4.60. The zero-order valence-electron chi connectivity index (χ0n) is 18.1. The van der Waals surface area contributed by atoms with Crippen molar-refractivity contribution in [2.75, 3.05) is 5.43 Å². The van der Waals surface area contributed by atoms with Crippen LogP contribution in [0.1, 0.15) is 21.7 Å². The topological polar surface area (TPSA) is 85.0 Å². The lowest BCUT2D eigenvalue weighted by molar-refractivity contribution is -0.137. The predicted octanol–water partition coefficient (Wildman–Crippen LogP) is 5.52. The lowest BCUT2D eigenvalue weighted by Crippen LogP contribution is -2.30. The van der Waals surface area contributed by atoms with E-state index < -0.39 is 17.6 Å². The van der Waals surface area contributed by atoms with Crippen LogP contribution in [0, 0.1) is 0 Å². The van der Waals surface area contributed by atoms with Gasteiger partial charge in [0.2, 0.25) is 0 Å². The second-order valence-electron chi connectivity index (χ2n) is 7.66. The van der Waals surface area contributed by atoms with E-state index >= 15 is 0 Å². The lowest BCUT2D eigenvalue weighted by Gasteiger charge is -2.15. The molecule has 0 aliphatic rings. The largest absolute Gasteiger partial charge is 0.467 e. The lowest BCUT2D eigenvalue weighted by atomic mass is 10.1. The van der Waals surface area contributed by atoms with E-state index in [1.165, 1.54) is 24.4 Å². The van der Waals surface area contributed by atoms with Crippen molar-refractivity contribution < 1.29 is 22.4 Å². The summed E-state index contributed by atoms with van der Waals surface area (Å²) >= 11 is 0. The van der Waals surface area contributed by atoms with Crippen LogP contribution in [0.3, 0.4) is 0 Å². The van der Waals surface area contributed by atoms with Gasteiger partial charge in [-0.15, -0.1) is 0 Å². The Balaban J connectivity index is 1.52. The Morgan fingerprint density at radius 1 is 1.00 bits per heavy atom. The number of aromatic nitrogens is 3. The van der Waals surface area contributed by atoms with Crippen molar-refractivity contribution in [2.45, 2.75) is 12.7 Å². The van der Waals surface area contributed by atoms with E-state index in [9.17, 15) is 18.0 Å². The first-order valence-corrected chi connectivity index (χ1v) is 10.6. The van der Waals surface area contributed by atoms with Crippen molar-refractivity contribution >= 4 is 22.6 Å². The van der Waals surface area contributed by atoms with Crippen LogP contribution in [0.15, 0.2) is 89.7 Å². The van der Waals surface area contributed by atoms with Gasteiger partial charge in [-0.25, -0.2) is 9.67 Å². The molecule has 0 radical (unpaired) electrons. The molecule has 0 saturated heterocycles. The van der Waals surface area contributed by atoms with Gasteiger partial charge >= 0.3 is 6.18 Å². The van der Waals surface area contributed by atoms with E-state index in [1.807, 2.05) is 30.3 Å². The van der Waals surface area contributed by atoms with Crippen molar-refractivity contribution in [2.24, 2.45) is 0 Å². The highest BCUT2D eigenvalue weighted by atomic mass is 19.4. The second kappa shape index (κ2) is 8.98. The molecule has 5 rings (SSSR count). The van der Waals surface area contributed by atoms with E-state index in [1.54, 1.807) is 29.1 Å². The molecule has 0 fully saturated rings. The normalized spacial score (nSPS) is 11.5. The number of anilines is 1. The molecule has 0 spiro atoms. The SMILES string of the molecule is O=C(NNc1ccccc1C(F)(F)F)c1cc(-c2ccccc2)nc2c1cnn2Cc1ccco1. The third-order valence-electron chi connectivity index (χ3n) is 5.35. The number of halogens is 3. The van der Waals surface area contributed by atoms with Gasteiger partial charge in [-0.1, -0.05) is 42.5 Å². The number of fused-ring (bicyclic) bond motifs is 1. The Morgan fingerprint density at radius 3 is 2.51 bits per heavy atom. The molecule has 7 nitrogen and oxygen atoms in total. The van der Waals surface area contributed by atoms with E-state index in [2.05, 4.69) is 16.0 Å². The number of rotatable bonds is 6. The number of hydrogen-bond acceptors (Lipinski definition) is 5. The molecule has 0 saturated carbocycles. The van der Waals surface area contributed by atoms with E-state index in [0.717, 1.165) is 11.6 Å². The minimum absolute atomic E-state index is 0.205. The van der Waals surface area contributed by atoms with Gasteiger partial charge in [0, 0.05) is 5.56 Å². The van der Waals surface area contributed by atoms with Crippen LogP contribution >= 0.6 is 0 Å². The van der Waals surface area contributed by atoms with Crippen LogP contribution < -0.4 is 10.9 Å². The number of nitrogens with one attached hydrogen (secondary N) is 2. The summed E-state index contributed by atoms with van der Waals surface area (Å²) in [5.74, 6) is 0.0162. The third kappa shape index (κ3) is 4.58. The standard InChI is InChI=1S/C25H18F3N5O2/c26-25(27,28)20-10-4-5-11-21(20)31-32-24(34)18-13-22(16-7-2-1-3-8-16)30-23-19(18)14-29-33(23)15-17-9-6-12-35-17/h1-14,31H,15H2,(H,32,34). The Morgan fingerprint density at radius 2 is 1.77 bits per heavy atom. The molecule has 3 aromatic heterocycles. The van der Waals surface area contributed by atoms with Crippen LogP contribution in [0.4, 0.5) is 18.9 Å². The number of hydrazine groups is 1. The monoisotopic (exact) mass is 477 g/mol. The number of amides is 1. The molecule has 176 valence electrons. The first kappa shape index (κ1) is 22.2. The van der Waals surface area contributed by atoms with Crippen LogP contribution in [-0.2, 0) is 12.7 Å². The highest BCUT2D eigenvalue weighted by Crippen LogP contribution is 2.34.